The van der Waals surface area contributed by atoms with Gasteiger partial charge in [0, 0.05) is 6.54 Å². The summed E-state index contributed by atoms with van der Waals surface area (Å²) in [5, 5.41) is 4.06. The molecular weight excluding hydrogens is 154 g/mol. The van der Waals surface area contributed by atoms with Crippen LogP contribution in [0.1, 0.15) is 33.6 Å². The Balaban J connectivity index is 2.37. The minimum atomic E-state index is -0.401. The number of hydrogen-bond acceptors (Lipinski definition) is 2. The molecule has 0 amide bonds. The average molecular weight is 169 g/mol. The molecule has 3 nitrogen and oxygen atoms in total. The molecule has 1 aliphatic rings. The zero-order valence-electron chi connectivity index (χ0n) is 7.89. The molecule has 1 rings (SSSR count). The molecule has 0 aromatic heterocycles. The molecule has 1 saturated heterocycles. The maximum absolute atomic E-state index is 11.3. The topological polar surface area (TPSA) is 40.4 Å². The highest BCUT2D eigenvalue weighted by Crippen LogP contribution is 2.19. The zero-order valence-corrected chi connectivity index (χ0v) is 7.89. The van der Waals surface area contributed by atoms with Gasteiger partial charge < -0.3 is 4.74 Å². The third-order valence-corrected chi connectivity index (χ3v) is 1.51. The molecule has 3 heteroatoms. The molecule has 0 bridgehead atoms. The van der Waals surface area contributed by atoms with Crippen molar-refractivity contribution in [3.05, 3.63) is 6.04 Å². The summed E-state index contributed by atoms with van der Waals surface area (Å²) in [6.07, 6.45) is 1.75. The van der Waals surface area contributed by atoms with Crippen LogP contribution in [0.2, 0.25) is 0 Å². The van der Waals surface area contributed by atoms with E-state index in [4.69, 9.17) is 4.74 Å². The van der Waals surface area contributed by atoms with Crippen molar-refractivity contribution in [3.63, 3.8) is 0 Å². The standard InChI is InChI=1S/C9H15NO2/c1-9(2,3)12-8(11)7-5-4-6-10-7/h4-6H2,1-3H3. The van der Waals surface area contributed by atoms with Crippen molar-refractivity contribution in [3.8, 4) is 0 Å². The van der Waals surface area contributed by atoms with Crippen molar-refractivity contribution in [2.75, 3.05) is 6.54 Å². The van der Waals surface area contributed by atoms with Crippen LogP contribution in [0.3, 0.4) is 0 Å². The number of carbonyl (C=O) groups excluding carboxylic acids is 1. The normalized spacial score (nSPS) is 19.6. The molecule has 0 spiro atoms. The van der Waals surface area contributed by atoms with E-state index < -0.39 is 5.60 Å². The fraction of sp³-hybridized carbons (Fsp3) is 0.778. The lowest BCUT2D eigenvalue weighted by molar-refractivity contribution is -0.153. The molecule has 0 unspecified atom stereocenters. The molecule has 1 fully saturated rings. The highest BCUT2D eigenvalue weighted by molar-refractivity contribution is 5.84. The van der Waals surface area contributed by atoms with Gasteiger partial charge in [-0.15, -0.1) is 0 Å². The molecule has 0 atom stereocenters. The number of carbonyl (C=O) groups is 1. The Bertz CT molecular complexity index is 166. The van der Waals surface area contributed by atoms with Gasteiger partial charge in [0.2, 0.25) is 0 Å². The van der Waals surface area contributed by atoms with E-state index in [0.717, 1.165) is 19.4 Å². The Hall–Kier alpha value is -0.570. The minimum Gasteiger partial charge on any atom is -0.458 e. The van der Waals surface area contributed by atoms with Crippen LogP contribution in [0.15, 0.2) is 0 Å². The van der Waals surface area contributed by atoms with Gasteiger partial charge in [0.05, 0.1) is 0 Å². The first-order valence-electron chi connectivity index (χ1n) is 4.26. The number of nitrogens with zero attached hydrogens (tertiary/aromatic N) is 1. The summed E-state index contributed by atoms with van der Waals surface area (Å²) in [4.78, 5) is 11.3. The summed E-state index contributed by atoms with van der Waals surface area (Å²) in [6.45, 7) is 6.36. The van der Waals surface area contributed by atoms with E-state index in [0.29, 0.717) is 6.04 Å². The van der Waals surface area contributed by atoms with Crippen molar-refractivity contribution in [1.82, 2.24) is 5.32 Å². The molecule has 0 saturated carbocycles. The van der Waals surface area contributed by atoms with E-state index in [1.54, 1.807) is 0 Å². The fourth-order valence-corrected chi connectivity index (χ4v) is 1.04. The summed E-state index contributed by atoms with van der Waals surface area (Å²) >= 11 is 0. The molecule has 0 N–H and O–H groups in total. The molecule has 1 aliphatic heterocycles. The molecule has 1 heterocycles. The van der Waals surface area contributed by atoms with Crippen LogP contribution in [-0.4, -0.2) is 18.1 Å². The van der Waals surface area contributed by atoms with Gasteiger partial charge in [0.25, 0.3) is 0 Å². The Morgan fingerprint density at radius 1 is 1.50 bits per heavy atom. The third-order valence-electron chi connectivity index (χ3n) is 1.51. The number of esters is 1. The molecule has 12 heavy (non-hydrogen) atoms. The maximum atomic E-state index is 11.3. The van der Waals surface area contributed by atoms with Gasteiger partial charge in [-0.25, -0.2) is 10.1 Å². The predicted molar refractivity (Wildman–Crippen MR) is 45.3 cm³/mol. The third kappa shape index (κ3) is 2.81. The summed E-state index contributed by atoms with van der Waals surface area (Å²) in [7, 11) is 0. The van der Waals surface area contributed by atoms with E-state index in [2.05, 4.69) is 5.32 Å². The van der Waals surface area contributed by atoms with Crippen molar-refractivity contribution in [2.24, 2.45) is 0 Å². The lowest BCUT2D eigenvalue weighted by Gasteiger charge is -2.21. The average Bonchev–Trinajstić information content (AvgIpc) is 2.32. The zero-order chi connectivity index (χ0) is 9.19. The van der Waals surface area contributed by atoms with Crippen LogP contribution in [0.4, 0.5) is 0 Å². The number of ether oxygens (including phenoxy) is 1. The van der Waals surface area contributed by atoms with Crippen molar-refractivity contribution in [1.29, 1.82) is 0 Å². The Morgan fingerprint density at radius 2 is 2.17 bits per heavy atom. The van der Waals surface area contributed by atoms with Crippen LogP contribution in [0.25, 0.3) is 0 Å². The van der Waals surface area contributed by atoms with Gasteiger partial charge in [-0.2, -0.15) is 0 Å². The Labute approximate surface area is 73.5 Å². The largest absolute Gasteiger partial charge is 0.458 e. The summed E-state index contributed by atoms with van der Waals surface area (Å²) in [5.74, 6) is -0.250. The fourth-order valence-electron chi connectivity index (χ4n) is 1.04. The van der Waals surface area contributed by atoms with Crippen LogP contribution in [0.5, 0.6) is 0 Å². The van der Waals surface area contributed by atoms with Gasteiger partial charge in [0.1, 0.15) is 5.60 Å². The first kappa shape index (κ1) is 9.52. The smallest absolute Gasteiger partial charge is 0.331 e. The van der Waals surface area contributed by atoms with Crippen LogP contribution in [0, 0.1) is 6.04 Å². The van der Waals surface area contributed by atoms with Crippen LogP contribution < -0.4 is 5.32 Å². The number of hydrogen-bond donors (Lipinski definition) is 0. The number of rotatable bonds is 1. The van der Waals surface area contributed by atoms with Gasteiger partial charge in [-0.3, -0.25) is 0 Å². The van der Waals surface area contributed by atoms with Gasteiger partial charge in [-0.1, -0.05) is 0 Å². The molecule has 0 aromatic rings. The first-order chi connectivity index (χ1) is 5.49. The van der Waals surface area contributed by atoms with Crippen LogP contribution >= 0.6 is 0 Å². The van der Waals surface area contributed by atoms with Crippen molar-refractivity contribution >= 4 is 5.97 Å². The summed E-state index contributed by atoms with van der Waals surface area (Å²) < 4.78 is 5.15. The monoisotopic (exact) mass is 169 g/mol. The maximum Gasteiger partial charge on any atom is 0.331 e. The molecule has 68 valence electrons. The predicted octanol–water partition coefficient (Wildman–Crippen LogP) is 1.26. The molecular formula is C9H15NO2. The highest BCUT2D eigenvalue weighted by Gasteiger charge is 2.29. The van der Waals surface area contributed by atoms with Crippen molar-refractivity contribution in [2.45, 2.75) is 39.2 Å². The first-order valence-corrected chi connectivity index (χ1v) is 4.26. The van der Waals surface area contributed by atoms with E-state index >= 15 is 0 Å². The Kier molecular flexibility index (Phi) is 2.73. The lowest BCUT2D eigenvalue weighted by Crippen LogP contribution is -2.29. The summed E-state index contributed by atoms with van der Waals surface area (Å²) in [5.41, 5.74) is -0.401. The second-order valence-electron chi connectivity index (χ2n) is 3.93. The van der Waals surface area contributed by atoms with Gasteiger partial charge >= 0.3 is 5.97 Å². The van der Waals surface area contributed by atoms with E-state index in [1.165, 1.54) is 0 Å². The van der Waals surface area contributed by atoms with Crippen molar-refractivity contribution < 1.29 is 9.53 Å². The molecule has 2 radical (unpaired) electrons. The minimum absolute atomic E-state index is 0.250. The Morgan fingerprint density at radius 3 is 2.58 bits per heavy atom. The van der Waals surface area contributed by atoms with E-state index in [-0.39, 0.29) is 5.97 Å². The molecule has 0 aromatic carbocycles. The summed E-state index contributed by atoms with van der Waals surface area (Å²) in [6, 6.07) is 0.602. The quantitative estimate of drug-likeness (QED) is 0.554. The van der Waals surface area contributed by atoms with E-state index in [1.807, 2.05) is 20.8 Å². The second kappa shape index (κ2) is 3.44. The lowest BCUT2D eigenvalue weighted by atomic mass is 10.2. The SMILES string of the molecule is CC(C)(C)OC(=O)[C]1CCC[N]1. The van der Waals surface area contributed by atoms with E-state index in [9.17, 15) is 4.79 Å². The van der Waals surface area contributed by atoms with Gasteiger partial charge in [-0.05, 0) is 33.6 Å². The highest BCUT2D eigenvalue weighted by atomic mass is 16.6. The van der Waals surface area contributed by atoms with Gasteiger partial charge in [0.15, 0.2) is 6.04 Å². The van der Waals surface area contributed by atoms with Crippen LogP contribution in [-0.2, 0) is 9.53 Å². The molecule has 0 aliphatic carbocycles. The second-order valence-corrected chi connectivity index (χ2v) is 3.93.